The summed E-state index contributed by atoms with van der Waals surface area (Å²) in [4.78, 5) is 28.8. The third kappa shape index (κ3) is 9.20. The van der Waals surface area contributed by atoms with Gasteiger partial charge in [-0.1, -0.05) is 37.3 Å². The van der Waals surface area contributed by atoms with Crippen LogP contribution >= 0.6 is 11.3 Å². The molecular formula is C26H33N3O6S. The molecule has 3 rings (SSSR count). The summed E-state index contributed by atoms with van der Waals surface area (Å²) >= 11 is 1.72. The van der Waals surface area contributed by atoms with Crippen LogP contribution in [0.5, 0.6) is 11.5 Å². The molecule has 0 atom stereocenters. The lowest BCUT2D eigenvalue weighted by atomic mass is 10.2. The Balaban J connectivity index is 0.000000493. The van der Waals surface area contributed by atoms with Crippen molar-refractivity contribution in [1.82, 2.24) is 9.88 Å². The molecule has 194 valence electrons. The van der Waals surface area contributed by atoms with Crippen LogP contribution in [-0.4, -0.2) is 72.4 Å². The van der Waals surface area contributed by atoms with Crippen molar-refractivity contribution in [2.24, 2.45) is 0 Å². The van der Waals surface area contributed by atoms with Crippen LogP contribution in [0.25, 0.3) is 10.2 Å². The number of aromatic nitrogens is 1. The zero-order valence-corrected chi connectivity index (χ0v) is 21.8. The molecule has 0 unspecified atom stereocenters. The second-order valence-electron chi connectivity index (χ2n) is 7.64. The minimum atomic E-state index is -1.26. The number of carbonyl (C=O) groups is 2. The Morgan fingerprint density at radius 2 is 1.50 bits per heavy atom. The van der Waals surface area contributed by atoms with E-state index in [0.717, 1.165) is 59.6 Å². The first kappa shape index (κ1) is 28.6. The van der Waals surface area contributed by atoms with Gasteiger partial charge in [0.25, 0.3) is 0 Å². The van der Waals surface area contributed by atoms with E-state index < -0.39 is 11.9 Å². The fraction of sp³-hybridized carbons (Fsp3) is 0.346. The van der Waals surface area contributed by atoms with Crippen LogP contribution in [0.15, 0.2) is 54.6 Å². The van der Waals surface area contributed by atoms with Gasteiger partial charge in [-0.15, -0.1) is 0 Å². The van der Waals surface area contributed by atoms with Gasteiger partial charge in [-0.3, -0.25) is 0 Å². The van der Waals surface area contributed by atoms with E-state index in [9.17, 15) is 9.59 Å². The summed E-state index contributed by atoms with van der Waals surface area (Å²) in [7, 11) is 3.39. The van der Waals surface area contributed by atoms with Gasteiger partial charge in [0.05, 0.1) is 24.4 Å². The van der Waals surface area contributed by atoms with Crippen LogP contribution in [0.3, 0.4) is 0 Å². The van der Waals surface area contributed by atoms with Crippen LogP contribution in [0, 0.1) is 0 Å². The molecule has 0 saturated heterocycles. The van der Waals surface area contributed by atoms with Crippen molar-refractivity contribution < 1.29 is 29.3 Å². The number of thiazole rings is 1. The Hall–Kier alpha value is -3.63. The number of carboxylic acids is 2. The molecule has 9 nitrogen and oxygen atoms in total. The molecule has 0 radical (unpaired) electrons. The quantitative estimate of drug-likeness (QED) is 0.339. The lowest BCUT2D eigenvalue weighted by Crippen LogP contribution is -2.34. The van der Waals surface area contributed by atoms with Crippen molar-refractivity contribution >= 4 is 38.6 Å². The number of anilines is 1. The summed E-state index contributed by atoms with van der Waals surface area (Å²) in [6, 6.07) is 14.3. The molecule has 0 amide bonds. The van der Waals surface area contributed by atoms with Gasteiger partial charge in [0.2, 0.25) is 0 Å². The number of hydrogen-bond donors (Lipinski definition) is 2. The highest BCUT2D eigenvalue weighted by Crippen LogP contribution is 2.32. The number of carboxylic acid groups (broad SMARTS) is 2. The van der Waals surface area contributed by atoms with E-state index >= 15 is 0 Å². The molecule has 2 aromatic carbocycles. The van der Waals surface area contributed by atoms with Gasteiger partial charge >= 0.3 is 11.9 Å². The number of aliphatic carboxylic acids is 2. The van der Waals surface area contributed by atoms with Gasteiger partial charge in [-0.25, -0.2) is 14.6 Å². The largest absolute Gasteiger partial charge is 0.497 e. The molecule has 1 aromatic heterocycles. The summed E-state index contributed by atoms with van der Waals surface area (Å²) < 4.78 is 11.8. The number of benzene rings is 2. The topological polar surface area (TPSA) is 112 Å². The zero-order chi connectivity index (χ0) is 26.5. The molecule has 1 heterocycles. The Labute approximate surface area is 215 Å². The van der Waals surface area contributed by atoms with Gasteiger partial charge in [-0.2, -0.15) is 0 Å². The Kier molecular flexibility index (Phi) is 11.7. The number of likely N-dealkylation sites (N-methyl/N-ethyl adjacent to an activating group) is 1. The molecular weight excluding hydrogens is 482 g/mol. The first-order valence-electron chi connectivity index (χ1n) is 11.5. The molecule has 36 heavy (non-hydrogen) atoms. The Morgan fingerprint density at radius 1 is 0.917 bits per heavy atom. The number of rotatable bonds is 12. The molecule has 3 aromatic rings. The molecule has 2 N–H and O–H groups in total. The Bertz CT molecular complexity index is 1130. The number of hydrogen-bond acceptors (Lipinski definition) is 8. The Morgan fingerprint density at radius 3 is 2.03 bits per heavy atom. The molecule has 0 saturated carbocycles. The molecule has 0 spiro atoms. The molecule has 0 bridgehead atoms. The van der Waals surface area contributed by atoms with Crippen LogP contribution in [0.4, 0.5) is 5.13 Å². The second-order valence-corrected chi connectivity index (χ2v) is 8.65. The predicted molar refractivity (Wildman–Crippen MR) is 142 cm³/mol. The van der Waals surface area contributed by atoms with E-state index in [4.69, 9.17) is 24.7 Å². The molecule has 0 aliphatic heterocycles. The highest BCUT2D eigenvalue weighted by atomic mass is 32.1. The maximum Gasteiger partial charge on any atom is 0.328 e. The zero-order valence-electron chi connectivity index (χ0n) is 21.0. The lowest BCUT2D eigenvalue weighted by Gasteiger charge is -2.26. The smallest absolute Gasteiger partial charge is 0.328 e. The maximum absolute atomic E-state index is 9.55. The van der Waals surface area contributed by atoms with Gasteiger partial charge in [-0.05, 0) is 49.0 Å². The van der Waals surface area contributed by atoms with Crippen LogP contribution < -0.4 is 14.4 Å². The maximum atomic E-state index is 9.55. The van der Waals surface area contributed by atoms with E-state index in [-0.39, 0.29) is 0 Å². The minimum Gasteiger partial charge on any atom is -0.497 e. The van der Waals surface area contributed by atoms with Crippen molar-refractivity contribution in [2.45, 2.75) is 20.4 Å². The van der Waals surface area contributed by atoms with Crippen LogP contribution in [0.2, 0.25) is 0 Å². The van der Waals surface area contributed by atoms with Crippen molar-refractivity contribution in [2.75, 3.05) is 45.3 Å². The van der Waals surface area contributed by atoms with E-state index in [1.54, 1.807) is 25.6 Å². The van der Waals surface area contributed by atoms with Crippen molar-refractivity contribution in [3.05, 3.63) is 60.2 Å². The minimum absolute atomic E-state index is 0.558. The average molecular weight is 516 g/mol. The normalized spacial score (nSPS) is 10.8. The highest BCUT2D eigenvalue weighted by Gasteiger charge is 2.15. The summed E-state index contributed by atoms with van der Waals surface area (Å²) in [5.74, 6) is -0.766. The van der Waals surface area contributed by atoms with Crippen molar-refractivity contribution in [3.8, 4) is 11.5 Å². The van der Waals surface area contributed by atoms with Crippen molar-refractivity contribution in [1.29, 1.82) is 0 Å². The SMILES string of the molecule is CCN(CC)CCN(Cc1ccc(OC)cc1)c1nc2ccc(OC)cc2s1.O=C(O)/C=C/C(=O)O. The number of nitrogens with zero attached hydrogens (tertiary/aromatic N) is 3. The third-order valence-corrected chi connectivity index (χ3v) is 6.42. The van der Waals surface area contributed by atoms with Crippen LogP contribution in [-0.2, 0) is 16.1 Å². The summed E-state index contributed by atoms with van der Waals surface area (Å²) in [6.07, 6.45) is 1.12. The fourth-order valence-electron chi connectivity index (χ4n) is 3.29. The molecule has 0 aliphatic rings. The monoisotopic (exact) mass is 515 g/mol. The first-order valence-corrected chi connectivity index (χ1v) is 12.3. The van der Waals surface area contributed by atoms with Crippen molar-refractivity contribution in [3.63, 3.8) is 0 Å². The second kappa shape index (κ2) is 14.7. The third-order valence-electron chi connectivity index (χ3n) is 5.34. The first-order chi connectivity index (χ1) is 17.3. The fourth-order valence-corrected chi connectivity index (χ4v) is 4.31. The van der Waals surface area contributed by atoms with E-state index in [1.807, 2.05) is 24.3 Å². The standard InChI is InChI=1S/C22H29N3O2S.C4H4O4/c1-5-24(6-2)13-14-25(16-17-7-9-18(26-3)10-8-17)22-23-20-12-11-19(27-4)15-21(20)28-22;5-3(6)1-2-4(7)8/h7-12,15H,5-6,13-14,16H2,1-4H3;1-2H,(H,5,6)(H,7,8)/b;2-1+. The average Bonchev–Trinajstić information content (AvgIpc) is 3.31. The summed E-state index contributed by atoms with van der Waals surface area (Å²) in [5, 5.41) is 16.7. The molecule has 0 aliphatic carbocycles. The molecule has 10 heteroatoms. The van der Waals surface area contributed by atoms with Gasteiger partial charge in [0.1, 0.15) is 11.5 Å². The van der Waals surface area contributed by atoms with Gasteiger partial charge < -0.3 is 29.5 Å². The lowest BCUT2D eigenvalue weighted by molar-refractivity contribution is -0.134. The molecule has 0 fully saturated rings. The van der Waals surface area contributed by atoms with E-state index in [2.05, 4.69) is 41.8 Å². The van der Waals surface area contributed by atoms with Gasteiger partial charge in [0, 0.05) is 31.8 Å². The van der Waals surface area contributed by atoms with E-state index in [0.29, 0.717) is 12.2 Å². The number of fused-ring (bicyclic) bond motifs is 1. The van der Waals surface area contributed by atoms with E-state index in [1.165, 1.54) is 5.56 Å². The summed E-state index contributed by atoms with van der Waals surface area (Å²) in [6.45, 7) is 9.31. The predicted octanol–water partition coefficient (Wildman–Crippen LogP) is 4.37. The van der Waals surface area contributed by atoms with Gasteiger partial charge in [0.15, 0.2) is 5.13 Å². The number of ether oxygens (including phenoxy) is 2. The number of methoxy groups -OCH3 is 2. The summed E-state index contributed by atoms with van der Waals surface area (Å²) in [5.41, 5.74) is 2.26. The van der Waals surface area contributed by atoms with Crippen LogP contribution in [0.1, 0.15) is 19.4 Å². The highest BCUT2D eigenvalue weighted by molar-refractivity contribution is 7.22.